The van der Waals surface area contributed by atoms with Crippen LogP contribution < -0.4 is 14.7 Å². The number of amides is 1. The fraction of sp³-hybridized carbons (Fsp3) is 0.333. The van der Waals surface area contributed by atoms with Gasteiger partial charge in [-0.15, -0.1) is 0 Å². The molecule has 1 N–H and O–H groups in total. The molecule has 0 bridgehead atoms. The lowest BCUT2D eigenvalue weighted by Crippen LogP contribution is -3.12. The third kappa shape index (κ3) is 5.34. The minimum atomic E-state index is -0.720. The van der Waals surface area contributed by atoms with E-state index in [9.17, 15) is 14.7 Å². The lowest BCUT2D eigenvalue weighted by molar-refractivity contribution is -0.895. The average Bonchev–Trinajstić information content (AvgIpc) is 3.08. The van der Waals surface area contributed by atoms with Crippen LogP contribution >= 0.6 is 0 Å². The summed E-state index contributed by atoms with van der Waals surface area (Å²) in [6.45, 7) is 13.1. The minimum absolute atomic E-state index is 0.0122. The summed E-state index contributed by atoms with van der Waals surface area (Å²) in [6, 6.07) is 13.5. The summed E-state index contributed by atoms with van der Waals surface area (Å²) in [7, 11) is 0. The second-order valence-corrected chi connectivity index (χ2v) is 8.21. The molecule has 1 unspecified atom stereocenters. The van der Waals surface area contributed by atoms with E-state index in [4.69, 9.17) is 4.74 Å². The predicted molar refractivity (Wildman–Crippen MR) is 127 cm³/mol. The maximum absolute atomic E-state index is 13.4. The van der Waals surface area contributed by atoms with Crippen LogP contribution in [0.25, 0.3) is 5.76 Å². The van der Waals surface area contributed by atoms with Gasteiger partial charge < -0.3 is 19.6 Å². The largest absolute Gasteiger partial charge is 0.872 e. The van der Waals surface area contributed by atoms with E-state index >= 15 is 0 Å². The number of ketones is 1. The minimum Gasteiger partial charge on any atom is -0.872 e. The van der Waals surface area contributed by atoms with E-state index in [0.29, 0.717) is 36.6 Å². The van der Waals surface area contributed by atoms with Gasteiger partial charge in [0.25, 0.3) is 5.91 Å². The third-order valence-electron chi connectivity index (χ3n) is 6.11. The van der Waals surface area contributed by atoms with Crippen molar-refractivity contribution in [2.45, 2.75) is 26.8 Å². The number of nitrogens with one attached hydrogen (secondary N) is 1. The van der Waals surface area contributed by atoms with Crippen LogP contribution in [0.2, 0.25) is 0 Å². The molecule has 0 aromatic heterocycles. The fourth-order valence-electron chi connectivity index (χ4n) is 4.09. The number of carbonyl (C=O) groups excluding carboxylic acids is 2. The lowest BCUT2D eigenvalue weighted by atomic mass is 9.95. The van der Waals surface area contributed by atoms with Crippen molar-refractivity contribution in [2.24, 2.45) is 0 Å². The number of nitrogens with zero attached hydrogens (tertiary/aromatic N) is 1. The number of likely N-dealkylation sites (N-methyl/N-ethyl adjacent to an activating group) is 1. The molecule has 1 heterocycles. The molecule has 174 valence electrons. The topological polar surface area (TPSA) is 74.1 Å². The quantitative estimate of drug-likeness (QED) is 0.260. The molecule has 6 nitrogen and oxygen atoms in total. The van der Waals surface area contributed by atoms with Crippen molar-refractivity contribution in [3.63, 3.8) is 0 Å². The fourth-order valence-corrected chi connectivity index (χ4v) is 4.09. The van der Waals surface area contributed by atoms with Gasteiger partial charge in [0.1, 0.15) is 12.4 Å². The number of likely N-dealkylation sites (tertiary alicyclic amines) is 1. The van der Waals surface area contributed by atoms with Crippen LogP contribution in [0.4, 0.5) is 0 Å². The van der Waals surface area contributed by atoms with Gasteiger partial charge >= 0.3 is 0 Å². The molecule has 0 radical (unpaired) electrons. The molecule has 2 aromatic rings. The van der Waals surface area contributed by atoms with Crippen molar-refractivity contribution in [1.82, 2.24) is 4.90 Å². The summed E-state index contributed by atoms with van der Waals surface area (Å²) < 4.78 is 5.56. The van der Waals surface area contributed by atoms with Crippen LogP contribution in [0.1, 0.15) is 36.6 Å². The van der Waals surface area contributed by atoms with Gasteiger partial charge in [0.05, 0.1) is 32.2 Å². The smallest absolute Gasteiger partial charge is 0.295 e. The van der Waals surface area contributed by atoms with Crippen LogP contribution in [0.5, 0.6) is 5.75 Å². The molecule has 1 saturated heterocycles. The first-order valence-electron chi connectivity index (χ1n) is 11.4. The van der Waals surface area contributed by atoms with Crippen molar-refractivity contribution in [3.8, 4) is 5.75 Å². The lowest BCUT2D eigenvalue weighted by Gasteiger charge is -2.28. The summed E-state index contributed by atoms with van der Waals surface area (Å²) in [4.78, 5) is 29.0. The van der Waals surface area contributed by atoms with Gasteiger partial charge in [-0.3, -0.25) is 9.59 Å². The van der Waals surface area contributed by atoms with Gasteiger partial charge in [-0.1, -0.05) is 60.4 Å². The molecule has 0 aliphatic carbocycles. The zero-order valence-electron chi connectivity index (χ0n) is 19.6. The van der Waals surface area contributed by atoms with Crippen molar-refractivity contribution < 1.29 is 24.3 Å². The Morgan fingerprint density at radius 1 is 1.09 bits per heavy atom. The Bertz CT molecular complexity index is 1020. The zero-order valence-corrected chi connectivity index (χ0v) is 19.6. The van der Waals surface area contributed by atoms with E-state index in [1.807, 2.05) is 31.2 Å². The van der Waals surface area contributed by atoms with Crippen LogP contribution in [0.15, 0.2) is 66.8 Å². The number of aryl methyl sites for hydroxylation is 1. The van der Waals surface area contributed by atoms with Crippen molar-refractivity contribution in [1.29, 1.82) is 0 Å². The second kappa shape index (κ2) is 11.0. The van der Waals surface area contributed by atoms with Gasteiger partial charge in [-0.05, 0) is 44.0 Å². The van der Waals surface area contributed by atoms with E-state index in [1.165, 1.54) is 4.90 Å². The molecule has 0 spiro atoms. The van der Waals surface area contributed by atoms with Gasteiger partial charge in [-0.2, -0.15) is 0 Å². The highest BCUT2D eigenvalue weighted by Gasteiger charge is 2.44. The summed E-state index contributed by atoms with van der Waals surface area (Å²) in [6.07, 6.45) is 1.66. The molecule has 1 aliphatic heterocycles. The summed E-state index contributed by atoms with van der Waals surface area (Å²) in [5.74, 6) is -1.08. The molecule has 0 saturated carbocycles. The third-order valence-corrected chi connectivity index (χ3v) is 6.11. The van der Waals surface area contributed by atoms with Gasteiger partial charge in [-0.25, -0.2) is 0 Å². The van der Waals surface area contributed by atoms with Crippen molar-refractivity contribution in [2.75, 3.05) is 32.8 Å². The highest BCUT2D eigenvalue weighted by atomic mass is 16.5. The van der Waals surface area contributed by atoms with E-state index < -0.39 is 23.5 Å². The number of hydrogen-bond donors (Lipinski definition) is 1. The van der Waals surface area contributed by atoms with Gasteiger partial charge in [0, 0.05) is 5.57 Å². The summed E-state index contributed by atoms with van der Waals surface area (Å²) in [5.41, 5.74) is 2.15. The van der Waals surface area contributed by atoms with Crippen LogP contribution in [0, 0.1) is 6.92 Å². The van der Waals surface area contributed by atoms with Crippen molar-refractivity contribution >= 4 is 17.4 Å². The number of quaternary nitrogens is 1. The molecule has 2 aromatic carbocycles. The molecular formula is C27H32N2O4. The predicted octanol–water partition coefficient (Wildman–Crippen LogP) is 1.71. The van der Waals surface area contributed by atoms with Gasteiger partial charge in [0.15, 0.2) is 0 Å². The maximum Gasteiger partial charge on any atom is 0.295 e. The number of benzene rings is 2. The van der Waals surface area contributed by atoms with E-state index in [1.54, 1.807) is 35.2 Å². The van der Waals surface area contributed by atoms with E-state index in [-0.39, 0.29) is 5.57 Å². The normalized spacial score (nSPS) is 17.6. The molecule has 1 amide bonds. The van der Waals surface area contributed by atoms with E-state index in [2.05, 4.69) is 20.4 Å². The Morgan fingerprint density at radius 2 is 1.73 bits per heavy atom. The highest BCUT2D eigenvalue weighted by Crippen LogP contribution is 2.38. The Morgan fingerprint density at radius 3 is 2.30 bits per heavy atom. The zero-order chi connectivity index (χ0) is 24.0. The van der Waals surface area contributed by atoms with Crippen LogP contribution in [-0.4, -0.2) is 49.4 Å². The number of rotatable bonds is 10. The Labute approximate surface area is 195 Å². The maximum atomic E-state index is 13.4. The molecule has 1 aliphatic rings. The Kier molecular flexibility index (Phi) is 8.06. The number of ether oxygens (including phenoxy) is 1. The highest BCUT2D eigenvalue weighted by molar-refractivity contribution is 6.46. The molecule has 6 heteroatoms. The number of Topliss-reactive ketones (excluding diaryl/α,β-unsaturated/α-hetero) is 1. The molecule has 3 rings (SSSR count). The monoisotopic (exact) mass is 448 g/mol. The summed E-state index contributed by atoms with van der Waals surface area (Å²) in [5, 5.41) is 13.4. The first-order chi connectivity index (χ1) is 15.9. The number of carbonyl (C=O) groups is 2. The summed E-state index contributed by atoms with van der Waals surface area (Å²) >= 11 is 0. The second-order valence-electron chi connectivity index (χ2n) is 8.21. The molecular weight excluding hydrogens is 416 g/mol. The molecule has 1 atom stereocenters. The number of hydrogen-bond acceptors (Lipinski definition) is 4. The first-order valence-corrected chi connectivity index (χ1v) is 11.4. The van der Waals surface area contributed by atoms with Crippen LogP contribution in [0.3, 0.4) is 0 Å². The Hall–Kier alpha value is -3.38. The van der Waals surface area contributed by atoms with Crippen LogP contribution in [-0.2, 0) is 9.59 Å². The Balaban J connectivity index is 2.05. The first kappa shape index (κ1) is 24.3. The SMILES string of the molecule is C=CCOc1ccc(C2C(=C([O-])c3ccc(C)cc3)C(=O)C(=O)N2CC[NH+](CC)CC)cc1. The molecule has 33 heavy (non-hydrogen) atoms. The average molecular weight is 449 g/mol. The van der Waals surface area contributed by atoms with E-state index in [0.717, 1.165) is 18.7 Å². The van der Waals surface area contributed by atoms with Gasteiger partial charge in [0.2, 0.25) is 5.78 Å². The molecule has 1 fully saturated rings. The van der Waals surface area contributed by atoms with Crippen molar-refractivity contribution in [3.05, 3.63) is 83.4 Å². The standard InChI is InChI=1S/C27H32N2O4/c1-5-18-33-22-14-12-20(13-15-22)24-23(25(30)21-10-8-19(4)9-11-21)26(31)27(32)29(24)17-16-28(6-2)7-3/h5,8-15,24,30H,1,6-7,16-18H2,2-4H3.